The number of hydrogen-bond donors (Lipinski definition) is 5. The Morgan fingerprint density at radius 1 is 1.08 bits per heavy atom. The van der Waals surface area contributed by atoms with Crippen molar-refractivity contribution in [2.45, 2.75) is 107 Å². The minimum Gasteiger partial charge on any atom is -0.391 e. The Morgan fingerprint density at radius 2 is 1.69 bits per heavy atom. The Balaban J connectivity index is 2.22. The molecule has 8 heteroatoms. The van der Waals surface area contributed by atoms with E-state index in [1.165, 1.54) is 6.92 Å². The van der Waals surface area contributed by atoms with Crippen LogP contribution in [-0.4, -0.2) is 85.7 Å². The van der Waals surface area contributed by atoms with Gasteiger partial charge < -0.3 is 35.0 Å². The maximum absolute atomic E-state index is 13.1. The van der Waals surface area contributed by atoms with E-state index in [0.29, 0.717) is 19.3 Å². The molecular formula is C18H32O8. The number of carbonyl (C=O) groups excluding carboxylic acids is 1. The second-order valence-corrected chi connectivity index (χ2v) is 7.72. The molecule has 2 fully saturated rings. The van der Waals surface area contributed by atoms with Gasteiger partial charge in [0.2, 0.25) is 0 Å². The van der Waals surface area contributed by atoms with Crippen molar-refractivity contribution < 1.29 is 39.8 Å². The fourth-order valence-corrected chi connectivity index (χ4v) is 3.81. The quantitative estimate of drug-likeness (QED) is 0.409. The summed E-state index contributed by atoms with van der Waals surface area (Å²) in [5.41, 5.74) is -1.35. The number of Topliss-reactive ketones (excluding diaryl/α,β-unsaturated/α-hetero) is 1. The molecule has 0 amide bonds. The first-order valence-corrected chi connectivity index (χ1v) is 9.35. The molecule has 0 saturated carbocycles. The van der Waals surface area contributed by atoms with Crippen molar-refractivity contribution in [2.75, 3.05) is 0 Å². The molecule has 0 aliphatic carbocycles. The lowest BCUT2D eigenvalue weighted by Gasteiger charge is -2.48. The number of aliphatic hydroxyl groups excluding tert-OH is 5. The smallest absolute Gasteiger partial charge is 0.170 e. The predicted octanol–water partition coefficient (Wildman–Crippen LogP) is -0.725. The van der Waals surface area contributed by atoms with Gasteiger partial charge in [0.1, 0.15) is 6.10 Å². The van der Waals surface area contributed by atoms with E-state index >= 15 is 0 Å². The van der Waals surface area contributed by atoms with Crippen LogP contribution in [0.2, 0.25) is 0 Å². The lowest BCUT2D eigenvalue weighted by Crippen LogP contribution is -2.62. The normalized spacial score (nSPS) is 42.1. The Labute approximate surface area is 153 Å². The van der Waals surface area contributed by atoms with Crippen LogP contribution in [0.3, 0.4) is 0 Å². The third kappa shape index (κ3) is 4.44. The Bertz CT molecular complexity index is 484. The number of ketones is 1. The molecule has 152 valence electrons. The summed E-state index contributed by atoms with van der Waals surface area (Å²) in [5, 5.41) is 49.2. The Hall–Kier alpha value is -0.610. The van der Waals surface area contributed by atoms with Gasteiger partial charge in [-0.3, -0.25) is 4.79 Å². The van der Waals surface area contributed by atoms with E-state index in [1.807, 2.05) is 0 Å². The molecule has 2 rings (SSSR count). The summed E-state index contributed by atoms with van der Waals surface area (Å²) < 4.78 is 11.8. The SMILES string of the molecule is C[C@H](O)[C@@H](O)[C@@H](O)CC(=O)C1(C2CC[C@H](O)[C@H](C)O2)CC[C@H](O)[C@H](C)O1. The van der Waals surface area contributed by atoms with E-state index in [1.54, 1.807) is 13.8 Å². The highest BCUT2D eigenvalue weighted by atomic mass is 16.6. The number of ether oxygens (including phenoxy) is 2. The van der Waals surface area contributed by atoms with Gasteiger partial charge in [0.15, 0.2) is 11.4 Å². The van der Waals surface area contributed by atoms with Crippen molar-refractivity contribution in [3.05, 3.63) is 0 Å². The van der Waals surface area contributed by atoms with Crippen LogP contribution in [0, 0.1) is 0 Å². The average Bonchev–Trinajstić information content (AvgIpc) is 2.58. The topological polar surface area (TPSA) is 137 Å². The van der Waals surface area contributed by atoms with Gasteiger partial charge in [0, 0.05) is 6.42 Å². The van der Waals surface area contributed by atoms with Gasteiger partial charge in [0.25, 0.3) is 0 Å². The monoisotopic (exact) mass is 376 g/mol. The number of carbonyl (C=O) groups is 1. The number of rotatable bonds is 6. The average molecular weight is 376 g/mol. The molecule has 2 heterocycles. The third-order valence-electron chi connectivity index (χ3n) is 5.67. The molecule has 2 saturated heterocycles. The minimum atomic E-state index is -1.45. The minimum absolute atomic E-state index is 0.225. The van der Waals surface area contributed by atoms with Crippen molar-refractivity contribution in [1.82, 2.24) is 0 Å². The van der Waals surface area contributed by atoms with Crippen molar-refractivity contribution in [1.29, 1.82) is 0 Å². The second kappa shape index (κ2) is 8.60. The van der Waals surface area contributed by atoms with Gasteiger partial charge in [-0.1, -0.05) is 0 Å². The van der Waals surface area contributed by atoms with E-state index in [9.17, 15) is 30.3 Å². The number of aliphatic hydroxyl groups is 5. The first-order valence-electron chi connectivity index (χ1n) is 9.35. The molecule has 2 aliphatic heterocycles. The predicted molar refractivity (Wildman–Crippen MR) is 91.4 cm³/mol. The highest BCUT2D eigenvalue weighted by Gasteiger charge is 2.53. The molecule has 0 aromatic carbocycles. The molecule has 8 nitrogen and oxygen atoms in total. The summed E-state index contributed by atoms with van der Waals surface area (Å²) in [7, 11) is 0. The molecule has 5 N–H and O–H groups in total. The zero-order valence-corrected chi connectivity index (χ0v) is 15.6. The molecule has 0 bridgehead atoms. The fourth-order valence-electron chi connectivity index (χ4n) is 3.81. The van der Waals surface area contributed by atoms with E-state index in [0.717, 1.165) is 0 Å². The van der Waals surface area contributed by atoms with E-state index in [-0.39, 0.29) is 6.42 Å². The molecule has 9 atom stereocenters. The zero-order valence-electron chi connectivity index (χ0n) is 15.6. The Morgan fingerprint density at radius 3 is 2.23 bits per heavy atom. The molecule has 0 aromatic rings. The largest absolute Gasteiger partial charge is 0.391 e. The van der Waals surface area contributed by atoms with Gasteiger partial charge in [-0.15, -0.1) is 0 Å². The first kappa shape index (κ1) is 21.7. The maximum Gasteiger partial charge on any atom is 0.170 e. The molecular weight excluding hydrogens is 344 g/mol. The highest BCUT2D eigenvalue weighted by Crippen LogP contribution is 2.40. The third-order valence-corrected chi connectivity index (χ3v) is 5.67. The molecule has 2 aliphatic rings. The second-order valence-electron chi connectivity index (χ2n) is 7.72. The number of hydrogen-bond acceptors (Lipinski definition) is 8. The van der Waals surface area contributed by atoms with Crippen LogP contribution in [0.1, 0.15) is 52.9 Å². The Kier molecular flexibility index (Phi) is 7.17. The van der Waals surface area contributed by atoms with Gasteiger partial charge in [0.05, 0.1) is 42.7 Å². The van der Waals surface area contributed by atoms with Crippen LogP contribution in [0.15, 0.2) is 0 Å². The van der Waals surface area contributed by atoms with Crippen molar-refractivity contribution in [3.63, 3.8) is 0 Å². The fraction of sp³-hybridized carbons (Fsp3) is 0.944. The van der Waals surface area contributed by atoms with Crippen LogP contribution in [0.5, 0.6) is 0 Å². The van der Waals surface area contributed by atoms with Crippen LogP contribution in [0.4, 0.5) is 0 Å². The lowest BCUT2D eigenvalue weighted by molar-refractivity contribution is -0.241. The van der Waals surface area contributed by atoms with Crippen LogP contribution >= 0.6 is 0 Å². The van der Waals surface area contributed by atoms with Gasteiger partial charge >= 0.3 is 0 Å². The molecule has 0 aromatic heterocycles. The summed E-state index contributed by atoms with van der Waals surface area (Å²) in [6, 6.07) is 0. The van der Waals surface area contributed by atoms with Gasteiger partial charge in [-0.25, -0.2) is 0 Å². The zero-order chi connectivity index (χ0) is 19.6. The standard InChI is InChI=1S/C18H32O8/c1-9(19)17(24)14(22)8-15(23)18(7-6-13(21)11(3)26-18)16-5-4-12(20)10(2)25-16/h9-14,16-17,19-22,24H,4-8H2,1-3H3/t9-,10-,11-,12-,13-,14-,16?,17+,18?/m0/s1. The van der Waals surface area contributed by atoms with Gasteiger partial charge in [-0.2, -0.15) is 0 Å². The molecule has 26 heavy (non-hydrogen) atoms. The van der Waals surface area contributed by atoms with Crippen molar-refractivity contribution in [2.24, 2.45) is 0 Å². The van der Waals surface area contributed by atoms with Crippen LogP contribution in [0.25, 0.3) is 0 Å². The van der Waals surface area contributed by atoms with Crippen molar-refractivity contribution in [3.8, 4) is 0 Å². The van der Waals surface area contributed by atoms with Crippen LogP contribution < -0.4 is 0 Å². The van der Waals surface area contributed by atoms with E-state index in [4.69, 9.17) is 9.47 Å². The van der Waals surface area contributed by atoms with Crippen LogP contribution in [-0.2, 0) is 14.3 Å². The molecule has 2 unspecified atom stereocenters. The van der Waals surface area contributed by atoms with E-state index in [2.05, 4.69) is 0 Å². The summed E-state index contributed by atoms with van der Waals surface area (Å²) in [6.07, 6.45) is -5.99. The highest BCUT2D eigenvalue weighted by molar-refractivity contribution is 5.88. The molecule has 0 spiro atoms. The summed E-state index contributed by atoms with van der Waals surface area (Å²) in [5.74, 6) is -0.433. The summed E-state index contributed by atoms with van der Waals surface area (Å²) >= 11 is 0. The summed E-state index contributed by atoms with van der Waals surface area (Å²) in [4.78, 5) is 13.1. The van der Waals surface area contributed by atoms with Gasteiger partial charge in [-0.05, 0) is 46.5 Å². The first-order chi connectivity index (χ1) is 12.1. The maximum atomic E-state index is 13.1. The van der Waals surface area contributed by atoms with Crippen molar-refractivity contribution >= 4 is 5.78 Å². The molecule has 0 radical (unpaired) electrons. The lowest BCUT2D eigenvalue weighted by atomic mass is 9.77. The van der Waals surface area contributed by atoms with E-state index < -0.39 is 66.6 Å². The summed E-state index contributed by atoms with van der Waals surface area (Å²) in [6.45, 7) is 4.73.